The molecule has 0 aliphatic carbocycles. The molecule has 0 bridgehead atoms. The molecule has 0 aliphatic heterocycles. The number of hydrogen-bond donors (Lipinski definition) is 0. The molecule has 1 amide bonds. The summed E-state index contributed by atoms with van der Waals surface area (Å²) in [7, 11) is 1.57. The first-order chi connectivity index (χ1) is 17.7. The zero-order valence-electron chi connectivity index (χ0n) is 20.0. The van der Waals surface area contributed by atoms with Crippen LogP contribution in [-0.2, 0) is 16.1 Å². The summed E-state index contributed by atoms with van der Waals surface area (Å²) in [5, 5.41) is 4.13. The molecule has 0 spiro atoms. The molecule has 176 valence electrons. The number of hydrogen-bond acceptors (Lipinski definition) is 3. The third-order valence-corrected chi connectivity index (χ3v) is 5.99. The molecular weight excluding hydrogens is 446 g/mol. The van der Waals surface area contributed by atoms with E-state index in [9.17, 15) is 4.79 Å². The minimum absolute atomic E-state index is 0.0954. The number of amides is 1. The average Bonchev–Trinajstić information content (AvgIpc) is 2.94. The smallest absolute Gasteiger partial charge is 0.303 e. The highest BCUT2D eigenvalue weighted by molar-refractivity contribution is 6.07. The van der Waals surface area contributed by atoms with Crippen molar-refractivity contribution >= 4 is 33.1 Å². The van der Waals surface area contributed by atoms with Crippen molar-refractivity contribution in [2.45, 2.75) is 6.54 Å². The summed E-state index contributed by atoms with van der Waals surface area (Å²) in [6, 6.07) is 35.8. The molecule has 0 fully saturated rings. The number of nitrogens with zero attached hydrogens (tertiary/aromatic N) is 1. The van der Waals surface area contributed by atoms with Crippen LogP contribution in [0.3, 0.4) is 0 Å². The summed E-state index contributed by atoms with van der Waals surface area (Å²) < 4.78 is 10.9. The molecule has 4 heteroatoms. The van der Waals surface area contributed by atoms with Crippen molar-refractivity contribution in [3.8, 4) is 17.6 Å². The minimum Gasteiger partial charge on any atom is -0.466 e. The van der Waals surface area contributed by atoms with Gasteiger partial charge < -0.3 is 9.47 Å². The third kappa shape index (κ3) is 5.07. The molecule has 0 heterocycles. The molecule has 0 aromatic heterocycles. The lowest BCUT2D eigenvalue weighted by molar-refractivity contribution is -0.113. The largest absolute Gasteiger partial charge is 0.466 e. The Hall–Kier alpha value is -4.59. The van der Waals surface area contributed by atoms with Crippen LogP contribution in [0, 0.1) is 11.8 Å². The lowest BCUT2D eigenvalue weighted by atomic mass is 10.0. The lowest BCUT2D eigenvalue weighted by Gasteiger charge is -2.21. The average molecular weight is 472 g/mol. The number of carbonyl (C=O) groups is 1. The van der Waals surface area contributed by atoms with Gasteiger partial charge in [-0.1, -0.05) is 96.9 Å². The fourth-order valence-corrected chi connectivity index (χ4v) is 4.20. The molecular formula is C32H25NO3. The second-order valence-corrected chi connectivity index (χ2v) is 8.37. The molecule has 4 nitrogen and oxygen atoms in total. The van der Waals surface area contributed by atoms with E-state index in [1.807, 2.05) is 103 Å². The number of methoxy groups -OCH3 is 1. The van der Waals surface area contributed by atoms with Crippen molar-refractivity contribution in [2.75, 3.05) is 18.8 Å². The molecule has 0 saturated carbocycles. The van der Waals surface area contributed by atoms with Crippen molar-refractivity contribution in [2.24, 2.45) is 0 Å². The topological polar surface area (TPSA) is 38.8 Å². The van der Waals surface area contributed by atoms with E-state index in [1.165, 1.54) is 0 Å². The number of anilines is 1. The number of ether oxygens (including phenoxy) is 2. The van der Waals surface area contributed by atoms with Crippen molar-refractivity contribution in [1.82, 2.24) is 0 Å². The normalized spacial score (nSPS) is 10.6. The molecule has 0 unspecified atom stereocenters. The van der Waals surface area contributed by atoms with Crippen LogP contribution in [0.5, 0.6) is 5.75 Å². The number of fused-ring (bicyclic) bond motifs is 2. The Morgan fingerprint density at radius 3 is 2.28 bits per heavy atom. The fourth-order valence-electron chi connectivity index (χ4n) is 4.20. The predicted octanol–water partition coefficient (Wildman–Crippen LogP) is 6.56. The van der Waals surface area contributed by atoms with Gasteiger partial charge in [0.1, 0.15) is 5.75 Å². The summed E-state index contributed by atoms with van der Waals surface area (Å²) in [6.07, 6.45) is 0. The van der Waals surface area contributed by atoms with Gasteiger partial charge in [-0.15, -0.1) is 0 Å². The van der Waals surface area contributed by atoms with E-state index in [0.717, 1.165) is 32.8 Å². The monoisotopic (exact) mass is 471 g/mol. The van der Waals surface area contributed by atoms with Crippen LogP contribution in [0.2, 0.25) is 0 Å². The first kappa shape index (κ1) is 23.2. The Morgan fingerprint density at radius 1 is 0.778 bits per heavy atom. The van der Waals surface area contributed by atoms with Gasteiger partial charge in [0, 0.05) is 24.1 Å². The third-order valence-electron chi connectivity index (χ3n) is 5.99. The van der Waals surface area contributed by atoms with Gasteiger partial charge >= 0.3 is 5.91 Å². The predicted molar refractivity (Wildman–Crippen MR) is 145 cm³/mol. The zero-order chi connectivity index (χ0) is 24.7. The first-order valence-corrected chi connectivity index (χ1v) is 11.7. The second-order valence-electron chi connectivity index (χ2n) is 8.37. The fraction of sp³-hybridized carbons (Fsp3) is 0.0938. The Morgan fingerprint density at radius 2 is 1.47 bits per heavy atom. The highest BCUT2D eigenvalue weighted by Gasteiger charge is 2.16. The van der Waals surface area contributed by atoms with Gasteiger partial charge in [0.15, 0.2) is 6.79 Å². The minimum atomic E-state index is -0.292. The van der Waals surface area contributed by atoms with Crippen LogP contribution in [0.25, 0.3) is 21.5 Å². The van der Waals surface area contributed by atoms with Crippen molar-refractivity contribution in [1.29, 1.82) is 0 Å². The molecule has 5 rings (SSSR count). The van der Waals surface area contributed by atoms with Crippen molar-refractivity contribution < 1.29 is 14.3 Å². The summed E-state index contributed by atoms with van der Waals surface area (Å²) in [4.78, 5) is 15.3. The van der Waals surface area contributed by atoms with Gasteiger partial charge in [-0.25, -0.2) is 0 Å². The van der Waals surface area contributed by atoms with E-state index in [1.54, 1.807) is 12.0 Å². The summed E-state index contributed by atoms with van der Waals surface area (Å²) in [6.45, 7) is 0.507. The van der Waals surface area contributed by atoms with Gasteiger partial charge in [-0.2, -0.15) is 0 Å². The van der Waals surface area contributed by atoms with Crippen LogP contribution in [0.1, 0.15) is 11.1 Å². The zero-order valence-corrected chi connectivity index (χ0v) is 20.0. The van der Waals surface area contributed by atoms with Gasteiger partial charge in [0.05, 0.1) is 12.1 Å². The van der Waals surface area contributed by atoms with Gasteiger partial charge in [-0.05, 0) is 39.9 Å². The number of carbonyl (C=O) groups excluding carboxylic acids is 1. The van der Waals surface area contributed by atoms with Crippen LogP contribution in [0.4, 0.5) is 5.69 Å². The molecule has 0 aliphatic rings. The van der Waals surface area contributed by atoms with Crippen LogP contribution in [-0.4, -0.2) is 19.8 Å². The van der Waals surface area contributed by atoms with E-state index in [4.69, 9.17) is 9.47 Å². The van der Waals surface area contributed by atoms with Gasteiger partial charge in [0.25, 0.3) is 0 Å². The Balaban J connectivity index is 1.56. The van der Waals surface area contributed by atoms with E-state index in [0.29, 0.717) is 17.9 Å². The van der Waals surface area contributed by atoms with Crippen LogP contribution < -0.4 is 9.64 Å². The van der Waals surface area contributed by atoms with E-state index in [-0.39, 0.29) is 12.7 Å². The molecule has 0 saturated heterocycles. The number of rotatable bonds is 6. The highest BCUT2D eigenvalue weighted by Crippen LogP contribution is 2.28. The molecule has 0 radical (unpaired) electrons. The Labute approximate surface area is 210 Å². The maximum Gasteiger partial charge on any atom is 0.303 e. The quantitative estimate of drug-likeness (QED) is 0.208. The van der Waals surface area contributed by atoms with Crippen molar-refractivity contribution in [3.05, 3.63) is 120 Å². The maximum absolute atomic E-state index is 13.6. The Kier molecular flexibility index (Phi) is 6.93. The molecule has 0 atom stereocenters. The van der Waals surface area contributed by atoms with Gasteiger partial charge in [-0.3, -0.25) is 9.69 Å². The molecule has 36 heavy (non-hydrogen) atoms. The SMILES string of the molecule is COCOc1ccc2ccccc2c1C#CC(=O)N(Cc1ccccc1)c1ccc2ccccc2c1. The highest BCUT2D eigenvalue weighted by atomic mass is 16.7. The summed E-state index contributed by atoms with van der Waals surface area (Å²) in [5.41, 5.74) is 2.48. The lowest BCUT2D eigenvalue weighted by Crippen LogP contribution is -2.29. The first-order valence-electron chi connectivity index (χ1n) is 11.7. The Bertz CT molecular complexity index is 1580. The van der Waals surface area contributed by atoms with Gasteiger partial charge in [0.2, 0.25) is 0 Å². The summed E-state index contributed by atoms with van der Waals surface area (Å²) >= 11 is 0. The van der Waals surface area contributed by atoms with Crippen molar-refractivity contribution in [3.63, 3.8) is 0 Å². The molecule has 5 aromatic carbocycles. The van der Waals surface area contributed by atoms with E-state index < -0.39 is 0 Å². The standard InChI is InChI=1S/C32H25NO3/c1-35-23-36-31-19-16-26-12-7-8-14-29(26)30(31)18-20-32(34)33(22-24-9-3-2-4-10-24)28-17-15-25-11-5-6-13-27(25)21-28/h2-17,19,21H,22-23H2,1H3. The van der Waals surface area contributed by atoms with Crippen LogP contribution in [0.15, 0.2) is 109 Å². The van der Waals surface area contributed by atoms with Crippen LogP contribution >= 0.6 is 0 Å². The second kappa shape index (κ2) is 10.8. The van der Waals surface area contributed by atoms with E-state index >= 15 is 0 Å². The molecule has 5 aromatic rings. The maximum atomic E-state index is 13.6. The number of benzene rings is 5. The molecule has 0 N–H and O–H groups in total. The van der Waals surface area contributed by atoms with E-state index in [2.05, 4.69) is 17.9 Å². The summed E-state index contributed by atoms with van der Waals surface area (Å²) in [5.74, 6) is 6.30.